The Morgan fingerprint density at radius 3 is 2.94 bits per heavy atom. The van der Waals surface area contributed by atoms with Crippen molar-refractivity contribution in [2.45, 2.75) is 0 Å². The summed E-state index contributed by atoms with van der Waals surface area (Å²) in [5.41, 5.74) is 6.27. The van der Waals surface area contributed by atoms with Gasteiger partial charge in [0.15, 0.2) is 0 Å². The summed E-state index contributed by atoms with van der Waals surface area (Å²) in [6.45, 7) is 2.16. The monoisotopic (exact) mass is 354 g/mol. The van der Waals surface area contributed by atoms with E-state index in [1.165, 1.54) is 0 Å². The van der Waals surface area contributed by atoms with Crippen molar-refractivity contribution in [2.75, 3.05) is 25.4 Å². The molecular formula is C11H13BrCl2N2O2. The van der Waals surface area contributed by atoms with E-state index < -0.39 is 0 Å². The van der Waals surface area contributed by atoms with E-state index in [9.17, 15) is 0 Å². The predicted molar refractivity (Wildman–Crippen MR) is 78.3 cm³/mol. The van der Waals surface area contributed by atoms with Crippen LogP contribution in [0.2, 0.25) is 5.02 Å². The van der Waals surface area contributed by atoms with Gasteiger partial charge in [0.2, 0.25) is 0 Å². The van der Waals surface area contributed by atoms with Crippen LogP contribution >= 0.6 is 39.9 Å². The van der Waals surface area contributed by atoms with Gasteiger partial charge in [-0.25, -0.2) is 0 Å². The molecule has 1 aliphatic rings. The van der Waals surface area contributed by atoms with E-state index in [1.807, 2.05) is 0 Å². The number of rotatable bonds is 2. The van der Waals surface area contributed by atoms with Gasteiger partial charge >= 0.3 is 0 Å². The van der Waals surface area contributed by atoms with Crippen LogP contribution < -0.4 is 15.8 Å². The third-order valence-electron chi connectivity index (χ3n) is 2.23. The van der Waals surface area contributed by atoms with Crippen molar-refractivity contribution in [2.24, 2.45) is 0 Å². The number of halogens is 3. The zero-order chi connectivity index (χ0) is 12.3. The Kier molecular flexibility index (Phi) is 6.08. The molecule has 0 amide bonds. The summed E-state index contributed by atoms with van der Waals surface area (Å²) in [6, 6.07) is 3.37. The second-order valence-electron chi connectivity index (χ2n) is 3.53. The molecule has 1 saturated heterocycles. The molecule has 1 fully saturated rings. The number of hydrogen-bond acceptors (Lipinski definition) is 4. The van der Waals surface area contributed by atoms with E-state index in [0.717, 1.165) is 16.8 Å². The smallest absolute Gasteiger partial charge is 0.146 e. The molecule has 0 saturated carbocycles. The quantitative estimate of drug-likeness (QED) is 0.632. The Labute approximate surface area is 125 Å². The number of nitrogens with two attached hydrogens (primary N) is 1. The van der Waals surface area contributed by atoms with Crippen molar-refractivity contribution in [3.05, 3.63) is 33.6 Å². The summed E-state index contributed by atoms with van der Waals surface area (Å²) in [6.07, 6.45) is 1.55. The number of nitrogen functional groups attached to an aromatic ring is 1. The van der Waals surface area contributed by atoms with E-state index in [0.29, 0.717) is 29.6 Å². The number of hydrogen-bond donors (Lipinski definition) is 2. The highest BCUT2D eigenvalue weighted by Crippen LogP contribution is 2.33. The first-order valence-corrected chi connectivity index (χ1v) is 6.27. The molecule has 0 atom stereocenters. The van der Waals surface area contributed by atoms with Crippen LogP contribution in [0, 0.1) is 0 Å². The molecule has 2 rings (SSSR count). The Bertz CT molecular complexity index is 447. The third kappa shape index (κ3) is 3.95. The van der Waals surface area contributed by atoms with Crippen molar-refractivity contribution in [1.29, 1.82) is 0 Å². The van der Waals surface area contributed by atoms with Crippen LogP contribution in [0.25, 0.3) is 0 Å². The van der Waals surface area contributed by atoms with Crippen molar-refractivity contribution >= 4 is 45.6 Å². The maximum absolute atomic E-state index is 6.01. The lowest BCUT2D eigenvalue weighted by Crippen LogP contribution is -2.29. The zero-order valence-corrected chi connectivity index (χ0v) is 12.6. The molecule has 3 N–H and O–H groups in total. The van der Waals surface area contributed by atoms with Gasteiger partial charge in [0.1, 0.15) is 24.4 Å². The first-order valence-electron chi connectivity index (χ1n) is 5.10. The highest BCUT2D eigenvalue weighted by atomic mass is 79.9. The van der Waals surface area contributed by atoms with E-state index >= 15 is 0 Å². The van der Waals surface area contributed by atoms with Gasteiger partial charge in [-0.3, -0.25) is 0 Å². The zero-order valence-electron chi connectivity index (χ0n) is 9.41. The van der Waals surface area contributed by atoms with Crippen LogP contribution in [0.3, 0.4) is 0 Å². The molecule has 0 bridgehead atoms. The van der Waals surface area contributed by atoms with Gasteiger partial charge < -0.3 is 20.5 Å². The van der Waals surface area contributed by atoms with Crippen LogP contribution in [0.5, 0.6) is 5.75 Å². The van der Waals surface area contributed by atoms with Crippen LogP contribution in [0.1, 0.15) is 0 Å². The Balaban J connectivity index is 0.00000162. The average Bonchev–Trinajstić information content (AvgIpc) is 2.33. The Morgan fingerprint density at radius 1 is 1.50 bits per heavy atom. The number of morpholine rings is 1. The molecule has 1 aliphatic heterocycles. The fourth-order valence-corrected chi connectivity index (χ4v) is 1.90. The molecule has 1 aromatic carbocycles. The summed E-state index contributed by atoms with van der Waals surface area (Å²) in [7, 11) is 0. The molecular weight excluding hydrogens is 343 g/mol. The summed E-state index contributed by atoms with van der Waals surface area (Å²) < 4.78 is 11.6. The molecule has 1 aromatic rings. The second kappa shape index (κ2) is 7.09. The predicted octanol–water partition coefficient (Wildman–Crippen LogP) is 2.95. The van der Waals surface area contributed by atoms with Crippen molar-refractivity contribution in [3.8, 4) is 5.75 Å². The van der Waals surface area contributed by atoms with Crippen LogP contribution in [0.15, 0.2) is 28.6 Å². The van der Waals surface area contributed by atoms with Gasteiger partial charge in [0.25, 0.3) is 0 Å². The molecule has 0 spiro atoms. The fourth-order valence-electron chi connectivity index (χ4n) is 1.36. The molecule has 7 heteroatoms. The SMILES string of the molecule is Cl.Nc1cc(Cl)c(OC=C2CNCCO2)cc1Br. The first kappa shape index (κ1) is 15.4. The summed E-state index contributed by atoms with van der Waals surface area (Å²) in [4.78, 5) is 0. The molecule has 0 aliphatic carbocycles. The average molecular weight is 356 g/mol. The van der Waals surface area contributed by atoms with Crippen LogP contribution in [-0.4, -0.2) is 19.7 Å². The van der Waals surface area contributed by atoms with Gasteiger partial charge in [0.05, 0.1) is 11.6 Å². The lowest BCUT2D eigenvalue weighted by molar-refractivity contribution is 0.168. The highest BCUT2D eigenvalue weighted by molar-refractivity contribution is 9.10. The van der Waals surface area contributed by atoms with E-state index in [-0.39, 0.29) is 12.4 Å². The second-order valence-corrected chi connectivity index (χ2v) is 4.79. The Morgan fingerprint density at radius 2 is 2.28 bits per heavy atom. The maximum Gasteiger partial charge on any atom is 0.146 e. The molecule has 0 unspecified atom stereocenters. The molecule has 100 valence electrons. The Hall–Kier alpha value is -0.620. The highest BCUT2D eigenvalue weighted by Gasteiger charge is 2.08. The molecule has 1 heterocycles. The van der Waals surface area contributed by atoms with Crippen molar-refractivity contribution in [1.82, 2.24) is 5.32 Å². The van der Waals surface area contributed by atoms with Crippen molar-refractivity contribution < 1.29 is 9.47 Å². The van der Waals surface area contributed by atoms with Gasteiger partial charge in [-0.05, 0) is 28.1 Å². The molecule has 4 nitrogen and oxygen atoms in total. The fraction of sp³-hybridized carbons (Fsp3) is 0.273. The number of ether oxygens (including phenoxy) is 2. The minimum atomic E-state index is 0. The largest absolute Gasteiger partial charge is 0.492 e. The van der Waals surface area contributed by atoms with Crippen LogP contribution in [-0.2, 0) is 4.74 Å². The lowest BCUT2D eigenvalue weighted by atomic mass is 10.3. The summed E-state index contributed by atoms with van der Waals surface area (Å²) in [5.74, 6) is 1.29. The van der Waals surface area contributed by atoms with Gasteiger partial charge in [0, 0.05) is 16.7 Å². The number of nitrogens with one attached hydrogen (secondary N) is 1. The van der Waals surface area contributed by atoms with Gasteiger partial charge in [-0.2, -0.15) is 0 Å². The number of benzene rings is 1. The summed E-state index contributed by atoms with van der Waals surface area (Å²) >= 11 is 9.33. The van der Waals surface area contributed by atoms with Gasteiger partial charge in [-0.1, -0.05) is 11.6 Å². The standard InChI is InChI=1S/C11H12BrClN2O2.ClH/c12-8-3-11(9(13)4-10(8)14)17-6-7-5-15-1-2-16-7;/h3-4,6,15H,1-2,5,14H2;1H. The molecule has 0 aromatic heterocycles. The maximum atomic E-state index is 6.01. The minimum absolute atomic E-state index is 0. The van der Waals surface area contributed by atoms with E-state index in [2.05, 4.69) is 21.2 Å². The summed E-state index contributed by atoms with van der Waals surface area (Å²) in [5, 5.41) is 3.63. The molecule has 18 heavy (non-hydrogen) atoms. The third-order valence-corrected chi connectivity index (χ3v) is 3.22. The normalized spacial score (nSPS) is 16.9. The minimum Gasteiger partial charge on any atom is -0.492 e. The van der Waals surface area contributed by atoms with E-state index in [4.69, 9.17) is 26.8 Å². The van der Waals surface area contributed by atoms with Crippen molar-refractivity contribution in [3.63, 3.8) is 0 Å². The first-order chi connectivity index (χ1) is 8.16. The molecule has 0 radical (unpaired) electrons. The van der Waals surface area contributed by atoms with Gasteiger partial charge in [-0.15, -0.1) is 12.4 Å². The van der Waals surface area contributed by atoms with Crippen LogP contribution in [0.4, 0.5) is 5.69 Å². The van der Waals surface area contributed by atoms with E-state index in [1.54, 1.807) is 18.4 Å². The lowest BCUT2D eigenvalue weighted by Gasteiger charge is -2.17. The number of anilines is 1. The topological polar surface area (TPSA) is 56.5 Å².